The number of nitro groups is 1. The smallest absolute Gasteiger partial charge is 0.346 e. The average Bonchev–Trinajstić information content (AvgIpc) is 2.39. The molecule has 1 atom stereocenters. The summed E-state index contributed by atoms with van der Waals surface area (Å²) in [7, 11) is 1.19. The number of carbonyl (C=O) groups excluding carboxylic acids is 1. The number of nitriles is 1. The standard InChI is InChI=1S/C11H9IN2O5/c1-6(11(15)18-2)19-10-8(12)3-7(5-13)4-9(10)14(16)17/h3-4,6H,1-2H3. The maximum absolute atomic E-state index is 11.3. The highest BCUT2D eigenvalue weighted by atomic mass is 127. The second-order valence-electron chi connectivity index (χ2n) is 3.46. The summed E-state index contributed by atoms with van der Waals surface area (Å²) < 4.78 is 10.1. The maximum atomic E-state index is 11.3. The molecule has 0 aliphatic rings. The molecule has 0 aromatic heterocycles. The van der Waals surface area contributed by atoms with Crippen molar-refractivity contribution in [3.05, 3.63) is 31.4 Å². The van der Waals surface area contributed by atoms with Crippen molar-refractivity contribution in [2.75, 3.05) is 7.11 Å². The number of halogens is 1. The van der Waals surface area contributed by atoms with Crippen molar-refractivity contribution in [2.24, 2.45) is 0 Å². The highest BCUT2D eigenvalue weighted by molar-refractivity contribution is 14.1. The third kappa shape index (κ3) is 3.54. The number of hydrogen-bond acceptors (Lipinski definition) is 6. The van der Waals surface area contributed by atoms with Crippen molar-refractivity contribution in [1.29, 1.82) is 5.26 Å². The Hall–Kier alpha value is -1.89. The summed E-state index contributed by atoms with van der Waals surface area (Å²) in [4.78, 5) is 21.6. The lowest BCUT2D eigenvalue weighted by Gasteiger charge is -2.13. The van der Waals surface area contributed by atoms with Crippen LogP contribution < -0.4 is 4.74 Å². The summed E-state index contributed by atoms with van der Waals surface area (Å²) in [5, 5.41) is 19.7. The molecule has 0 fully saturated rings. The van der Waals surface area contributed by atoms with Crippen LogP contribution in [0.15, 0.2) is 12.1 Å². The second-order valence-corrected chi connectivity index (χ2v) is 4.62. The van der Waals surface area contributed by atoms with Crippen LogP contribution in [0.3, 0.4) is 0 Å². The molecule has 0 aliphatic heterocycles. The molecule has 1 rings (SSSR count). The van der Waals surface area contributed by atoms with Gasteiger partial charge in [0.1, 0.15) is 0 Å². The van der Waals surface area contributed by atoms with E-state index in [1.807, 2.05) is 6.07 Å². The summed E-state index contributed by atoms with van der Waals surface area (Å²) in [6.07, 6.45) is -0.981. The van der Waals surface area contributed by atoms with Crippen molar-refractivity contribution in [1.82, 2.24) is 0 Å². The summed E-state index contributed by atoms with van der Waals surface area (Å²) in [6, 6.07) is 4.36. The SMILES string of the molecule is COC(=O)C(C)Oc1c(I)cc(C#N)cc1[N+](=O)[O-]. The molecule has 8 heteroatoms. The molecule has 0 aliphatic carbocycles. The first-order chi connectivity index (χ1) is 8.90. The van der Waals surface area contributed by atoms with Gasteiger partial charge in [-0.25, -0.2) is 4.79 Å². The van der Waals surface area contributed by atoms with Crippen molar-refractivity contribution in [3.8, 4) is 11.8 Å². The lowest BCUT2D eigenvalue weighted by Crippen LogP contribution is -2.25. The van der Waals surface area contributed by atoms with Crippen LogP contribution in [0.4, 0.5) is 5.69 Å². The van der Waals surface area contributed by atoms with Gasteiger partial charge in [-0.3, -0.25) is 10.1 Å². The van der Waals surface area contributed by atoms with Gasteiger partial charge in [0.25, 0.3) is 0 Å². The lowest BCUT2D eigenvalue weighted by atomic mass is 10.2. The highest BCUT2D eigenvalue weighted by Gasteiger charge is 2.25. The molecule has 19 heavy (non-hydrogen) atoms. The molecule has 0 bridgehead atoms. The Labute approximate surface area is 122 Å². The van der Waals surface area contributed by atoms with E-state index >= 15 is 0 Å². The van der Waals surface area contributed by atoms with Crippen molar-refractivity contribution in [3.63, 3.8) is 0 Å². The number of benzene rings is 1. The second kappa shape index (κ2) is 6.33. The van der Waals surface area contributed by atoms with Crippen LogP contribution in [0.1, 0.15) is 12.5 Å². The molecule has 0 saturated carbocycles. The van der Waals surface area contributed by atoms with E-state index in [-0.39, 0.29) is 17.0 Å². The maximum Gasteiger partial charge on any atom is 0.346 e. The summed E-state index contributed by atoms with van der Waals surface area (Å²) in [6.45, 7) is 1.42. The molecule has 1 aromatic carbocycles. The number of methoxy groups -OCH3 is 1. The predicted octanol–water partition coefficient (Wildman–Crippen LogP) is 2.01. The summed E-state index contributed by atoms with van der Waals surface area (Å²) in [5.41, 5.74) is -0.214. The zero-order valence-electron chi connectivity index (χ0n) is 10.0. The minimum atomic E-state index is -0.981. The number of hydrogen-bond donors (Lipinski definition) is 0. The largest absolute Gasteiger partial charge is 0.471 e. The number of ether oxygens (including phenoxy) is 2. The van der Waals surface area contributed by atoms with E-state index in [1.54, 1.807) is 22.6 Å². The van der Waals surface area contributed by atoms with E-state index in [9.17, 15) is 14.9 Å². The van der Waals surface area contributed by atoms with Crippen LogP contribution >= 0.6 is 22.6 Å². The van der Waals surface area contributed by atoms with Crippen LogP contribution in [0.2, 0.25) is 0 Å². The number of esters is 1. The zero-order chi connectivity index (χ0) is 14.6. The van der Waals surface area contributed by atoms with Gasteiger partial charge in [0.15, 0.2) is 6.10 Å². The molecule has 100 valence electrons. The molecular weight excluding hydrogens is 367 g/mol. The van der Waals surface area contributed by atoms with Crippen molar-refractivity contribution < 1.29 is 19.2 Å². The van der Waals surface area contributed by atoms with Gasteiger partial charge >= 0.3 is 11.7 Å². The first-order valence-corrected chi connectivity index (χ1v) is 6.11. The fourth-order valence-electron chi connectivity index (χ4n) is 1.29. The van der Waals surface area contributed by atoms with Gasteiger partial charge < -0.3 is 9.47 Å². The zero-order valence-corrected chi connectivity index (χ0v) is 12.2. The molecule has 0 saturated heterocycles. The summed E-state index contributed by atoms with van der Waals surface area (Å²) >= 11 is 1.80. The third-order valence-electron chi connectivity index (χ3n) is 2.18. The monoisotopic (exact) mass is 376 g/mol. The van der Waals surface area contributed by atoms with Crippen LogP contribution in [-0.4, -0.2) is 24.1 Å². The number of nitrogens with zero attached hydrogens (tertiary/aromatic N) is 2. The van der Waals surface area contributed by atoms with Crippen molar-refractivity contribution >= 4 is 34.2 Å². The van der Waals surface area contributed by atoms with Gasteiger partial charge in [-0.05, 0) is 35.6 Å². The van der Waals surface area contributed by atoms with E-state index in [1.165, 1.54) is 20.1 Å². The Morgan fingerprint density at radius 2 is 2.21 bits per heavy atom. The van der Waals surface area contributed by atoms with Crippen LogP contribution in [-0.2, 0) is 9.53 Å². The fourth-order valence-corrected chi connectivity index (χ4v) is 2.03. The Bertz CT molecular complexity index is 567. The first kappa shape index (κ1) is 15.2. The molecule has 1 unspecified atom stereocenters. The molecule has 0 spiro atoms. The number of nitro benzene ring substituents is 1. The van der Waals surface area contributed by atoms with E-state index in [0.29, 0.717) is 3.57 Å². The fraction of sp³-hybridized carbons (Fsp3) is 0.273. The number of rotatable bonds is 4. The average molecular weight is 376 g/mol. The van der Waals surface area contributed by atoms with Gasteiger partial charge in [0.05, 0.1) is 27.2 Å². The molecule has 0 N–H and O–H groups in total. The molecule has 0 heterocycles. The minimum Gasteiger partial charge on any atom is -0.471 e. The topological polar surface area (TPSA) is 102 Å². The molecule has 0 amide bonds. The Balaban J connectivity index is 3.23. The van der Waals surface area contributed by atoms with Gasteiger partial charge in [-0.2, -0.15) is 5.26 Å². The van der Waals surface area contributed by atoms with Crippen molar-refractivity contribution in [2.45, 2.75) is 13.0 Å². The van der Waals surface area contributed by atoms with Crippen LogP contribution in [0.25, 0.3) is 0 Å². The van der Waals surface area contributed by atoms with E-state index < -0.39 is 17.0 Å². The predicted molar refractivity (Wildman–Crippen MR) is 72.6 cm³/mol. The molecular formula is C11H9IN2O5. The Morgan fingerprint density at radius 1 is 1.58 bits per heavy atom. The molecule has 1 aromatic rings. The first-order valence-electron chi connectivity index (χ1n) is 5.03. The summed E-state index contributed by atoms with van der Waals surface area (Å²) in [5.74, 6) is -0.697. The van der Waals surface area contributed by atoms with Gasteiger partial charge in [0, 0.05) is 6.07 Å². The molecule has 7 nitrogen and oxygen atoms in total. The number of carbonyl (C=O) groups is 1. The highest BCUT2D eigenvalue weighted by Crippen LogP contribution is 2.34. The minimum absolute atomic E-state index is 0.0532. The lowest BCUT2D eigenvalue weighted by molar-refractivity contribution is -0.386. The van der Waals surface area contributed by atoms with Gasteiger partial charge in [-0.1, -0.05) is 0 Å². The van der Waals surface area contributed by atoms with Gasteiger partial charge in [-0.15, -0.1) is 0 Å². The van der Waals surface area contributed by atoms with E-state index in [4.69, 9.17) is 10.00 Å². The normalized spacial score (nSPS) is 11.3. The van der Waals surface area contributed by atoms with Gasteiger partial charge in [0.2, 0.25) is 5.75 Å². The van der Waals surface area contributed by atoms with E-state index in [2.05, 4.69) is 4.74 Å². The van der Waals surface area contributed by atoms with E-state index in [0.717, 1.165) is 6.07 Å². The quantitative estimate of drug-likeness (QED) is 0.345. The Kier molecular flexibility index (Phi) is 5.05. The van der Waals surface area contributed by atoms with Crippen LogP contribution in [0, 0.1) is 25.0 Å². The Morgan fingerprint density at radius 3 is 2.68 bits per heavy atom. The van der Waals surface area contributed by atoms with Crippen LogP contribution in [0.5, 0.6) is 5.75 Å². The third-order valence-corrected chi connectivity index (χ3v) is 2.98. The molecule has 0 radical (unpaired) electrons.